The van der Waals surface area contributed by atoms with Gasteiger partial charge in [0.2, 0.25) is 0 Å². The standard InChI is InChI=1S/C50H88O4P2/c1-35(2)41-25-15-17-29-45(41)51-55(39-21-7-5-8-22-39)53-47-33-31-37-19-11-13-27-43(37)49(47)50-44-28-14-12-20-38(44)32-34-48(50)54-56(40-23-9-6-10-24-40)52-46-30-18-16-26-42(46)36(3)4/h35-50H,5-34H2,1-4H3. The normalized spacial score (nSPS) is 41.9. The van der Waals surface area contributed by atoms with E-state index in [1.54, 1.807) is 0 Å². The predicted molar refractivity (Wildman–Crippen MR) is 237 cm³/mol. The van der Waals surface area contributed by atoms with Gasteiger partial charge in [-0.3, -0.25) is 0 Å². The molecular formula is C50H88O4P2. The Morgan fingerprint density at radius 2 is 0.661 bits per heavy atom. The fourth-order valence-electron chi connectivity index (χ4n) is 14.8. The Balaban J connectivity index is 1.11. The first-order valence-electron chi connectivity index (χ1n) is 25.7. The summed E-state index contributed by atoms with van der Waals surface area (Å²) in [5.41, 5.74) is 1.27. The van der Waals surface area contributed by atoms with Crippen molar-refractivity contribution in [2.45, 2.75) is 256 Å². The van der Waals surface area contributed by atoms with Gasteiger partial charge < -0.3 is 18.1 Å². The SMILES string of the molecule is CC(C)C1CCCCC1OP(OC1CCC2CCCCC2C1C1C(OP(OC2CCCCC2C(C)C)C2CCCCC2)CCC2CCCCC21)C1CCCCC1. The highest BCUT2D eigenvalue weighted by Gasteiger charge is 2.54. The van der Waals surface area contributed by atoms with E-state index >= 15 is 0 Å². The fourth-order valence-corrected chi connectivity index (χ4v) is 19.2. The molecule has 8 aliphatic carbocycles. The van der Waals surface area contributed by atoms with E-state index < -0.39 is 16.8 Å². The minimum atomic E-state index is -0.893. The van der Waals surface area contributed by atoms with Gasteiger partial charge in [0, 0.05) is 11.3 Å². The number of rotatable bonds is 13. The molecule has 0 saturated heterocycles. The van der Waals surface area contributed by atoms with Gasteiger partial charge in [-0.25, -0.2) is 0 Å². The molecular weight excluding hydrogens is 726 g/mol. The van der Waals surface area contributed by atoms with Crippen LogP contribution in [0, 0.1) is 59.2 Å². The molecule has 14 unspecified atom stereocenters. The van der Waals surface area contributed by atoms with Crippen molar-refractivity contribution in [1.29, 1.82) is 0 Å². The molecule has 0 heterocycles. The van der Waals surface area contributed by atoms with Gasteiger partial charge >= 0.3 is 0 Å². The van der Waals surface area contributed by atoms with Gasteiger partial charge in [0.1, 0.15) is 0 Å². The van der Waals surface area contributed by atoms with Crippen LogP contribution in [-0.2, 0) is 18.1 Å². The van der Waals surface area contributed by atoms with E-state index in [4.69, 9.17) is 18.1 Å². The molecule has 8 saturated carbocycles. The second-order valence-electron chi connectivity index (χ2n) is 21.8. The zero-order valence-corrected chi connectivity index (χ0v) is 38.8. The maximum Gasteiger partial charge on any atom is 0.174 e. The Labute approximate surface area is 348 Å². The average molecular weight is 815 g/mol. The topological polar surface area (TPSA) is 36.9 Å². The van der Waals surface area contributed by atoms with Crippen LogP contribution in [0.1, 0.15) is 220 Å². The molecule has 0 aromatic rings. The Kier molecular flexibility index (Phi) is 16.4. The van der Waals surface area contributed by atoms with E-state index in [1.165, 1.54) is 193 Å². The Morgan fingerprint density at radius 1 is 0.321 bits per heavy atom. The molecule has 0 aromatic heterocycles. The van der Waals surface area contributed by atoms with Crippen LogP contribution in [0.4, 0.5) is 0 Å². The van der Waals surface area contributed by atoms with Crippen molar-refractivity contribution in [3.05, 3.63) is 0 Å². The van der Waals surface area contributed by atoms with Crippen molar-refractivity contribution in [2.24, 2.45) is 59.2 Å². The van der Waals surface area contributed by atoms with Crippen LogP contribution < -0.4 is 0 Å². The minimum absolute atomic E-state index is 0.353. The number of hydrogen-bond acceptors (Lipinski definition) is 4. The molecule has 8 rings (SSSR count). The van der Waals surface area contributed by atoms with Crippen molar-refractivity contribution in [3.63, 3.8) is 0 Å². The molecule has 0 spiro atoms. The summed E-state index contributed by atoms with van der Waals surface area (Å²) in [7, 11) is -1.79. The lowest BCUT2D eigenvalue weighted by Gasteiger charge is -2.56. The molecule has 0 aliphatic heterocycles. The maximum absolute atomic E-state index is 7.95. The third-order valence-electron chi connectivity index (χ3n) is 17.8. The van der Waals surface area contributed by atoms with Crippen LogP contribution in [0.3, 0.4) is 0 Å². The zero-order chi connectivity index (χ0) is 38.4. The Bertz CT molecular complexity index is 1070. The summed E-state index contributed by atoms with van der Waals surface area (Å²) in [6, 6.07) is 0. The monoisotopic (exact) mass is 815 g/mol. The van der Waals surface area contributed by atoms with Crippen LogP contribution in [0.15, 0.2) is 0 Å². The van der Waals surface area contributed by atoms with Crippen molar-refractivity contribution >= 4 is 16.8 Å². The van der Waals surface area contributed by atoms with Crippen molar-refractivity contribution < 1.29 is 18.1 Å². The van der Waals surface area contributed by atoms with Crippen LogP contribution in [-0.4, -0.2) is 35.7 Å². The van der Waals surface area contributed by atoms with Crippen LogP contribution >= 0.6 is 16.8 Å². The first-order valence-corrected chi connectivity index (χ1v) is 28.2. The molecule has 0 radical (unpaired) electrons. The minimum Gasteiger partial charge on any atom is -0.330 e. The summed E-state index contributed by atoms with van der Waals surface area (Å²) in [6.45, 7) is 9.85. The first kappa shape index (κ1) is 43.4. The summed E-state index contributed by atoms with van der Waals surface area (Å²) >= 11 is 0. The van der Waals surface area contributed by atoms with Crippen molar-refractivity contribution in [2.75, 3.05) is 0 Å². The number of fused-ring (bicyclic) bond motifs is 2. The van der Waals surface area contributed by atoms with E-state index in [1.807, 2.05) is 0 Å². The molecule has 0 aromatic carbocycles. The van der Waals surface area contributed by atoms with Gasteiger partial charge in [-0.2, -0.15) is 0 Å². The molecule has 0 N–H and O–H groups in total. The molecule has 0 amide bonds. The van der Waals surface area contributed by atoms with E-state index in [0.717, 1.165) is 23.7 Å². The zero-order valence-electron chi connectivity index (χ0n) is 37.0. The second kappa shape index (κ2) is 21.2. The van der Waals surface area contributed by atoms with Gasteiger partial charge in [0.05, 0.1) is 24.4 Å². The number of hydrogen-bond donors (Lipinski definition) is 0. The molecule has 0 bridgehead atoms. The van der Waals surface area contributed by atoms with Gasteiger partial charge in [-0.15, -0.1) is 0 Å². The second-order valence-corrected chi connectivity index (χ2v) is 25.3. The molecule has 8 aliphatic rings. The lowest BCUT2D eigenvalue weighted by Crippen LogP contribution is -2.53. The van der Waals surface area contributed by atoms with Crippen molar-refractivity contribution in [1.82, 2.24) is 0 Å². The summed E-state index contributed by atoms with van der Waals surface area (Å²) in [6.07, 6.45) is 42.6. The van der Waals surface area contributed by atoms with Gasteiger partial charge in [-0.1, -0.05) is 130 Å². The quantitative estimate of drug-likeness (QED) is 0.174. The highest BCUT2D eigenvalue weighted by Crippen LogP contribution is 2.63. The largest absolute Gasteiger partial charge is 0.330 e. The Morgan fingerprint density at radius 3 is 1.07 bits per heavy atom. The van der Waals surface area contributed by atoms with Gasteiger partial charge in [0.25, 0.3) is 0 Å². The first-order chi connectivity index (χ1) is 27.4. The molecule has 14 atom stereocenters. The average Bonchev–Trinajstić information content (AvgIpc) is 3.24. The molecule has 4 nitrogen and oxygen atoms in total. The van der Waals surface area contributed by atoms with Crippen molar-refractivity contribution in [3.8, 4) is 0 Å². The van der Waals surface area contributed by atoms with Crippen LogP contribution in [0.5, 0.6) is 0 Å². The van der Waals surface area contributed by atoms with Crippen LogP contribution in [0.2, 0.25) is 0 Å². The van der Waals surface area contributed by atoms with E-state index in [9.17, 15) is 0 Å². The van der Waals surface area contributed by atoms with Gasteiger partial charge in [0.15, 0.2) is 16.8 Å². The lowest BCUT2D eigenvalue weighted by atomic mass is 9.53. The lowest BCUT2D eigenvalue weighted by molar-refractivity contribution is -0.113. The smallest absolute Gasteiger partial charge is 0.174 e. The van der Waals surface area contributed by atoms with Crippen LogP contribution in [0.25, 0.3) is 0 Å². The Hall–Kier alpha value is 0.700. The highest BCUT2D eigenvalue weighted by atomic mass is 31.2. The van der Waals surface area contributed by atoms with E-state index in [-0.39, 0.29) is 0 Å². The molecule has 6 heteroatoms. The summed E-state index contributed by atoms with van der Waals surface area (Å²) < 4.78 is 31.0. The summed E-state index contributed by atoms with van der Waals surface area (Å²) in [5.74, 6) is 7.48. The molecule has 322 valence electrons. The van der Waals surface area contributed by atoms with Gasteiger partial charge in [-0.05, 0) is 149 Å². The third-order valence-corrected chi connectivity index (χ3v) is 21.9. The third kappa shape index (κ3) is 10.5. The summed E-state index contributed by atoms with van der Waals surface area (Å²) in [5, 5.41) is 0. The molecule has 8 fully saturated rings. The molecule has 56 heavy (non-hydrogen) atoms. The summed E-state index contributed by atoms with van der Waals surface area (Å²) in [4.78, 5) is 0. The highest BCUT2D eigenvalue weighted by molar-refractivity contribution is 7.48. The fraction of sp³-hybridized carbons (Fsp3) is 1.00. The predicted octanol–water partition coefficient (Wildman–Crippen LogP) is 15.9. The van der Waals surface area contributed by atoms with E-state index in [0.29, 0.717) is 71.2 Å². The van der Waals surface area contributed by atoms with E-state index in [2.05, 4.69) is 27.7 Å². The maximum atomic E-state index is 7.95.